The molecule has 0 aliphatic heterocycles. The molecule has 0 radical (unpaired) electrons. The van der Waals surface area contributed by atoms with Gasteiger partial charge in [-0.25, -0.2) is 4.98 Å². The van der Waals surface area contributed by atoms with Gasteiger partial charge in [0.25, 0.3) is 0 Å². The first kappa shape index (κ1) is 12.9. The number of aromatic nitrogens is 2. The highest BCUT2D eigenvalue weighted by Crippen LogP contribution is 2.31. The summed E-state index contributed by atoms with van der Waals surface area (Å²) in [6, 6.07) is 5.36. The quantitative estimate of drug-likeness (QED) is 0.904. The Morgan fingerprint density at radius 3 is 2.83 bits per heavy atom. The molecule has 2 aromatic rings. The van der Waals surface area contributed by atoms with Crippen LogP contribution >= 0.6 is 27.5 Å². The molecule has 0 amide bonds. The Hall–Kier alpha value is -1.53. The van der Waals surface area contributed by atoms with Crippen LogP contribution in [0.25, 0.3) is 0 Å². The average molecular weight is 330 g/mol. The number of anilines is 3. The lowest BCUT2D eigenvalue weighted by molar-refractivity contribution is 0.399. The minimum Gasteiger partial charge on any atom is -0.479 e. The van der Waals surface area contributed by atoms with Crippen molar-refractivity contribution >= 4 is 44.7 Å². The molecule has 0 aliphatic carbocycles. The van der Waals surface area contributed by atoms with E-state index in [0.717, 1.165) is 10.2 Å². The van der Waals surface area contributed by atoms with Crippen molar-refractivity contribution in [1.29, 1.82) is 0 Å². The number of methoxy groups -OCH3 is 1. The minimum absolute atomic E-state index is 0.331. The Bertz CT molecular complexity index is 579. The van der Waals surface area contributed by atoms with E-state index in [1.165, 1.54) is 13.4 Å². The van der Waals surface area contributed by atoms with Crippen molar-refractivity contribution in [3.63, 3.8) is 0 Å². The standard InChI is InChI=1S/C11H10BrClN4O/c1-18-11-9(14)10(15-5-16-11)17-8-3-2-6(13)4-7(8)12/h2-5H,14H2,1H3,(H,15,16,17). The predicted octanol–water partition coefficient (Wildman–Crippen LogP) is 3.23. The number of nitrogens with two attached hydrogens (primary N) is 1. The lowest BCUT2D eigenvalue weighted by Crippen LogP contribution is -2.03. The van der Waals surface area contributed by atoms with E-state index in [0.29, 0.717) is 22.4 Å². The number of ether oxygens (including phenoxy) is 1. The maximum absolute atomic E-state index is 5.87. The SMILES string of the molecule is COc1ncnc(Nc2ccc(Cl)cc2Br)c1N. The maximum Gasteiger partial charge on any atom is 0.242 e. The second kappa shape index (κ2) is 5.41. The van der Waals surface area contributed by atoms with Crippen LogP contribution in [-0.2, 0) is 0 Å². The van der Waals surface area contributed by atoms with E-state index in [1.807, 2.05) is 6.07 Å². The van der Waals surface area contributed by atoms with E-state index in [-0.39, 0.29) is 0 Å². The number of nitrogens with one attached hydrogen (secondary N) is 1. The molecule has 7 heteroatoms. The van der Waals surface area contributed by atoms with E-state index < -0.39 is 0 Å². The van der Waals surface area contributed by atoms with Crippen LogP contribution in [0.4, 0.5) is 17.2 Å². The van der Waals surface area contributed by atoms with Crippen LogP contribution in [0, 0.1) is 0 Å². The molecule has 18 heavy (non-hydrogen) atoms. The molecule has 94 valence electrons. The second-order valence-electron chi connectivity index (χ2n) is 3.39. The predicted molar refractivity (Wildman–Crippen MR) is 75.4 cm³/mol. The van der Waals surface area contributed by atoms with Crippen molar-refractivity contribution in [1.82, 2.24) is 9.97 Å². The molecule has 1 aromatic heterocycles. The van der Waals surface area contributed by atoms with E-state index >= 15 is 0 Å². The van der Waals surface area contributed by atoms with Gasteiger partial charge in [-0.05, 0) is 34.1 Å². The maximum atomic E-state index is 5.87. The molecular weight excluding hydrogens is 320 g/mol. The summed E-state index contributed by atoms with van der Waals surface area (Å²) in [6.07, 6.45) is 1.38. The third kappa shape index (κ3) is 2.65. The molecule has 1 aromatic carbocycles. The summed E-state index contributed by atoms with van der Waals surface area (Å²) < 4.78 is 5.84. The Morgan fingerprint density at radius 2 is 2.17 bits per heavy atom. The van der Waals surface area contributed by atoms with E-state index in [1.54, 1.807) is 12.1 Å². The number of hydrogen-bond acceptors (Lipinski definition) is 5. The smallest absolute Gasteiger partial charge is 0.242 e. The van der Waals surface area contributed by atoms with Crippen LogP contribution in [0.2, 0.25) is 5.02 Å². The third-order valence-corrected chi connectivity index (χ3v) is 3.12. The van der Waals surface area contributed by atoms with Gasteiger partial charge in [0.05, 0.1) is 12.8 Å². The number of halogens is 2. The highest BCUT2D eigenvalue weighted by atomic mass is 79.9. The van der Waals surface area contributed by atoms with Crippen LogP contribution in [0.3, 0.4) is 0 Å². The van der Waals surface area contributed by atoms with Gasteiger partial charge in [-0.15, -0.1) is 0 Å². The molecule has 5 nitrogen and oxygen atoms in total. The molecule has 0 atom stereocenters. The molecule has 0 unspecified atom stereocenters. The second-order valence-corrected chi connectivity index (χ2v) is 4.69. The number of rotatable bonds is 3. The van der Waals surface area contributed by atoms with Crippen molar-refractivity contribution in [2.45, 2.75) is 0 Å². The monoisotopic (exact) mass is 328 g/mol. The van der Waals surface area contributed by atoms with Crippen LogP contribution < -0.4 is 15.8 Å². The van der Waals surface area contributed by atoms with Crippen molar-refractivity contribution < 1.29 is 4.74 Å². The van der Waals surface area contributed by atoms with E-state index in [2.05, 4.69) is 31.2 Å². The normalized spacial score (nSPS) is 10.2. The van der Waals surface area contributed by atoms with Gasteiger partial charge in [-0.1, -0.05) is 11.6 Å². The largest absolute Gasteiger partial charge is 0.479 e. The van der Waals surface area contributed by atoms with Crippen molar-refractivity contribution in [3.8, 4) is 5.88 Å². The van der Waals surface area contributed by atoms with Crippen LogP contribution in [0.15, 0.2) is 29.0 Å². The summed E-state index contributed by atoms with van der Waals surface area (Å²) in [5, 5.41) is 3.72. The Labute approximate surface area is 117 Å². The van der Waals surface area contributed by atoms with Gasteiger partial charge in [0.2, 0.25) is 5.88 Å². The summed E-state index contributed by atoms with van der Waals surface area (Å²) in [7, 11) is 1.50. The van der Waals surface area contributed by atoms with Gasteiger partial charge in [0.15, 0.2) is 5.82 Å². The molecule has 2 rings (SSSR count). The molecular formula is C11H10BrClN4O. The number of hydrogen-bond donors (Lipinski definition) is 2. The summed E-state index contributed by atoms with van der Waals surface area (Å²) in [5.41, 5.74) is 7.01. The Morgan fingerprint density at radius 1 is 1.39 bits per heavy atom. The topological polar surface area (TPSA) is 73.1 Å². The average Bonchev–Trinajstić information content (AvgIpc) is 2.35. The summed E-state index contributed by atoms with van der Waals surface area (Å²) in [6.45, 7) is 0. The van der Waals surface area contributed by atoms with Gasteiger partial charge >= 0.3 is 0 Å². The van der Waals surface area contributed by atoms with Gasteiger partial charge < -0.3 is 15.8 Å². The van der Waals surface area contributed by atoms with Crippen molar-refractivity contribution in [3.05, 3.63) is 34.0 Å². The van der Waals surface area contributed by atoms with Crippen LogP contribution in [0.5, 0.6) is 5.88 Å². The highest BCUT2D eigenvalue weighted by Gasteiger charge is 2.09. The molecule has 0 fully saturated rings. The van der Waals surface area contributed by atoms with Gasteiger partial charge in [0, 0.05) is 9.50 Å². The van der Waals surface area contributed by atoms with E-state index in [9.17, 15) is 0 Å². The minimum atomic E-state index is 0.331. The fourth-order valence-corrected chi connectivity index (χ4v) is 2.14. The molecule has 1 heterocycles. The molecule has 0 saturated heterocycles. The molecule has 0 spiro atoms. The first-order chi connectivity index (χ1) is 8.61. The Balaban J connectivity index is 2.34. The highest BCUT2D eigenvalue weighted by molar-refractivity contribution is 9.10. The Kier molecular flexibility index (Phi) is 3.88. The fourth-order valence-electron chi connectivity index (χ4n) is 1.36. The lowest BCUT2D eigenvalue weighted by Gasteiger charge is -2.11. The summed E-state index contributed by atoms with van der Waals surface area (Å²) in [4.78, 5) is 7.97. The van der Waals surface area contributed by atoms with E-state index in [4.69, 9.17) is 22.1 Å². The zero-order chi connectivity index (χ0) is 13.1. The van der Waals surface area contributed by atoms with Crippen molar-refractivity contribution in [2.24, 2.45) is 0 Å². The first-order valence-corrected chi connectivity index (χ1v) is 6.15. The number of nitrogens with zero attached hydrogens (tertiary/aromatic N) is 2. The van der Waals surface area contributed by atoms with Crippen LogP contribution in [-0.4, -0.2) is 17.1 Å². The molecule has 0 aliphatic rings. The molecule has 3 N–H and O–H groups in total. The number of benzene rings is 1. The molecule has 0 bridgehead atoms. The van der Waals surface area contributed by atoms with Crippen LogP contribution in [0.1, 0.15) is 0 Å². The third-order valence-electron chi connectivity index (χ3n) is 2.22. The summed E-state index contributed by atoms with van der Waals surface area (Å²) in [5.74, 6) is 0.808. The molecule has 0 saturated carbocycles. The number of nitrogen functional groups attached to an aromatic ring is 1. The first-order valence-electron chi connectivity index (χ1n) is 4.98. The zero-order valence-electron chi connectivity index (χ0n) is 9.45. The van der Waals surface area contributed by atoms with Gasteiger partial charge in [-0.3, -0.25) is 0 Å². The lowest BCUT2D eigenvalue weighted by atomic mass is 10.3. The van der Waals surface area contributed by atoms with Gasteiger partial charge in [-0.2, -0.15) is 4.98 Å². The summed E-state index contributed by atoms with van der Waals surface area (Å²) >= 11 is 9.27. The van der Waals surface area contributed by atoms with Gasteiger partial charge in [0.1, 0.15) is 12.0 Å². The zero-order valence-corrected chi connectivity index (χ0v) is 11.8. The van der Waals surface area contributed by atoms with Crippen molar-refractivity contribution in [2.75, 3.05) is 18.2 Å². The fraction of sp³-hybridized carbons (Fsp3) is 0.0909.